The molecule has 0 bridgehead atoms. The summed E-state index contributed by atoms with van der Waals surface area (Å²) in [6, 6.07) is 17.5. The van der Waals surface area contributed by atoms with Gasteiger partial charge in [0.1, 0.15) is 5.75 Å². The van der Waals surface area contributed by atoms with E-state index in [-0.39, 0.29) is 5.78 Å². The summed E-state index contributed by atoms with van der Waals surface area (Å²) in [7, 11) is 1.47. The van der Waals surface area contributed by atoms with Crippen LogP contribution in [0.4, 0.5) is 0 Å². The van der Waals surface area contributed by atoms with Crippen molar-refractivity contribution in [3.8, 4) is 22.9 Å². The number of nitrogens with one attached hydrogen (secondary N) is 1. The maximum Gasteiger partial charge on any atom is 0.287 e. The van der Waals surface area contributed by atoms with Gasteiger partial charge in [-0.15, -0.1) is 0 Å². The van der Waals surface area contributed by atoms with Gasteiger partial charge >= 0.3 is 0 Å². The lowest BCUT2D eigenvalue weighted by Gasteiger charge is -2.08. The third kappa shape index (κ3) is 6.59. The highest BCUT2D eigenvalue weighted by molar-refractivity contribution is 6.36. The van der Waals surface area contributed by atoms with Gasteiger partial charge in [0.05, 0.1) is 18.2 Å². The van der Waals surface area contributed by atoms with Crippen molar-refractivity contribution in [2.75, 3.05) is 13.7 Å². The quantitative estimate of drug-likeness (QED) is 0.513. The zero-order valence-electron chi connectivity index (χ0n) is 15.5. The molecule has 0 spiro atoms. The lowest BCUT2D eigenvalue weighted by atomic mass is 10.0. The van der Waals surface area contributed by atoms with Crippen molar-refractivity contribution >= 4 is 11.7 Å². The van der Waals surface area contributed by atoms with Crippen LogP contribution in [0.3, 0.4) is 0 Å². The number of carbonyl (C=O) groups excluding carboxylic acids is 2. The summed E-state index contributed by atoms with van der Waals surface area (Å²) in [5, 5.41) is 11.2. The predicted octanol–water partition coefficient (Wildman–Crippen LogP) is 3.87. The van der Waals surface area contributed by atoms with Crippen molar-refractivity contribution in [2.45, 2.75) is 32.1 Å². The summed E-state index contributed by atoms with van der Waals surface area (Å²) in [4.78, 5) is 22.4. The first-order valence-electron chi connectivity index (χ1n) is 9.12. The highest BCUT2D eigenvalue weighted by atomic mass is 16.5. The minimum absolute atomic E-state index is 0.303. The zero-order chi connectivity index (χ0) is 19.5. The molecule has 0 saturated heterocycles. The van der Waals surface area contributed by atoms with Crippen LogP contribution in [0, 0.1) is 11.3 Å². The lowest BCUT2D eigenvalue weighted by molar-refractivity contribution is -0.137. The van der Waals surface area contributed by atoms with Crippen molar-refractivity contribution in [3.63, 3.8) is 0 Å². The Morgan fingerprint density at radius 2 is 1.52 bits per heavy atom. The van der Waals surface area contributed by atoms with Crippen LogP contribution in [-0.4, -0.2) is 25.3 Å². The summed E-state index contributed by atoms with van der Waals surface area (Å²) < 4.78 is 5.74. The van der Waals surface area contributed by atoms with Crippen molar-refractivity contribution in [1.82, 2.24) is 5.32 Å². The Morgan fingerprint density at radius 1 is 0.926 bits per heavy atom. The molecule has 0 radical (unpaired) electrons. The van der Waals surface area contributed by atoms with Crippen LogP contribution < -0.4 is 10.1 Å². The van der Waals surface area contributed by atoms with Crippen molar-refractivity contribution in [3.05, 3.63) is 54.1 Å². The van der Waals surface area contributed by atoms with Crippen LogP contribution in [0.25, 0.3) is 11.1 Å². The maximum atomic E-state index is 11.4. The normalized spacial score (nSPS) is 10.1. The zero-order valence-corrected chi connectivity index (χ0v) is 15.5. The van der Waals surface area contributed by atoms with Gasteiger partial charge < -0.3 is 10.1 Å². The molecule has 0 aliphatic rings. The molecule has 0 aliphatic carbocycles. The maximum absolute atomic E-state index is 11.4. The minimum Gasteiger partial charge on any atom is -0.494 e. The molecule has 0 aliphatic heterocycles. The van der Waals surface area contributed by atoms with Gasteiger partial charge in [0, 0.05) is 13.5 Å². The SMILES string of the molecule is CNC(=O)C(=O)CCCCCCOc1ccc(-c2ccc(C#N)cc2)cc1. The number of ether oxygens (including phenoxy) is 1. The van der Waals surface area contributed by atoms with Crippen molar-refractivity contribution in [2.24, 2.45) is 0 Å². The fourth-order valence-electron chi connectivity index (χ4n) is 2.66. The summed E-state index contributed by atoms with van der Waals surface area (Å²) in [6.45, 7) is 0.625. The topological polar surface area (TPSA) is 79.2 Å². The van der Waals surface area contributed by atoms with Crippen molar-refractivity contribution < 1.29 is 14.3 Å². The van der Waals surface area contributed by atoms with Gasteiger partial charge in [-0.1, -0.05) is 37.1 Å². The molecule has 1 amide bonds. The van der Waals surface area contributed by atoms with Crippen LogP contribution in [0.1, 0.15) is 37.7 Å². The van der Waals surface area contributed by atoms with Crippen LogP contribution in [0.2, 0.25) is 0 Å². The van der Waals surface area contributed by atoms with E-state index in [0.29, 0.717) is 18.6 Å². The molecule has 2 aromatic rings. The van der Waals surface area contributed by atoms with Crippen LogP contribution in [0.15, 0.2) is 48.5 Å². The minimum atomic E-state index is -0.511. The van der Waals surface area contributed by atoms with Crippen LogP contribution in [0.5, 0.6) is 5.75 Å². The van der Waals surface area contributed by atoms with Gasteiger partial charge in [-0.2, -0.15) is 5.26 Å². The van der Waals surface area contributed by atoms with Gasteiger partial charge in [0.15, 0.2) is 0 Å². The first-order chi connectivity index (χ1) is 13.1. The monoisotopic (exact) mass is 364 g/mol. The van der Waals surface area contributed by atoms with Crippen molar-refractivity contribution in [1.29, 1.82) is 5.26 Å². The standard InChI is InChI=1S/C22H24N2O3/c1-24-22(26)21(25)6-4-2-3-5-15-27-20-13-11-19(12-14-20)18-9-7-17(16-23)8-10-18/h7-14H,2-6,15H2,1H3,(H,24,26). The molecule has 0 unspecified atom stereocenters. The number of benzene rings is 2. The fourth-order valence-corrected chi connectivity index (χ4v) is 2.66. The van der Waals surface area contributed by atoms with E-state index in [1.165, 1.54) is 7.05 Å². The number of likely N-dealkylation sites (N-methyl/N-ethyl adjacent to an activating group) is 1. The van der Waals surface area contributed by atoms with Gasteiger partial charge in [0.25, 0.3) is 5.91 Å². The first kappa shape index (κ1) is 20.2. The average molecular weight is 364 g/mol. The predicted molar refractivity (Wildman–Crippen MR) is 104 cm³/mol. The lowest BCUT2D eigenvalue weighted by Crippen LogP contribution is -2.27. The highest BCUT2D eigenvalue weighted by Crippen LogP contribution is 2.23. The van der Waals surface area contributed by atoms with E-state index in [2.05, 4.69) is 11.4 Å². The summed E-state index contributed by atoms with van der Waals surface area (Å²) in [5.74, 6) is -0.0407. The molecule has 27 heavy (non-hydrogen) atoms. The fraction of sp³-hybridized carbons (Fsp3) is 0.318. The molecule has 0 fully saturated rings. The molecule has 0 heterocycles. The Morgan fingerprint density at radius 3 is 2.11 bits per heavy atom. The van der Waals surface area contributed by atoms with E-state index in [4.69, 9.17) is 10.00 Å². The summed E-state index contributed by atoms with van der Waals surface area (Å²) in [5.41, 5.74) is 2.79. The average Bonchev–Trinajstić information content (AvgIpc) is 2.72. The first-order valence-corrected chi connectivity index (χ1v) is 9.12. The molecule has 1 N–H and O–H groups in total. The Kier molecular flexibility index (Phi) is 8.05. The van der Waals surface area contributed by atoms with Gasteiger partial charge in [-0.05, 0) is 48.2 Å². The van der Waals surface area contributed by atoms with E-state index in [9.17, 15) is 9.59 Å². The molecule has 0 atom stereocenters. The highest BCUT2D eigenvalue weighted by Gasteiger charge is 2.09. The Bertz CT molecular complexity index is 790. The van der Waals surface area contributed by atoms with E-state index in [0.717, 1.165) is 42.6 Å². The number of rotatable bonds is 10. The molecule has 2 rings (SSSR count). The van der Waals surface area contributed by atoms with E-state index < -0.39 is 5.91 Å². The molecule has 2 aromatic carbocycles. The third-order valence-corrected chi connectivity index (χ3v) is 4.25. The summed E-state index contributed by atoms with van der Waals surface area (Å²) in [6.07, 6.45) is 3.81. The van der Waals surface area contributed by atoms with E-state index in [1.54, 1.807) is 0 Å². The van der Waals surface area contributed by atoms with E-state index >= 15 is 0 Å². The van der Waals surface area contributed by atoms with Gasteiger partial charge in [-0.25, -0.2) is 0 Å². The van der Waals surface area contributed by atoms with E-state index in [1.807, 2.05) is 48.5 Å². The number of amides is 1. The molecule has 5 nitrogen and oxygen atoms in total. The number of nitriles is 1. The van der Waals surface area contributed by atoms with Gasteiger partial charge in [0.2, 0.25) is 5.78 Å². The second-order valence-corrected chi connectivity index (χ2v) is 6.23. The van der Waals surface area contributed by atoms with Crippen LogP contribution in [-0.2, 0) is 9.59 Å². The third-order valence-electron chi connectivity index (χ3n) is 4.25. The number of hydrogen-bond acceptors (Lipinski definition) is 4. The number of Topliss-reactive ketones (excluding diaryl/α,β-unsaturated/α-hetero) is 1. The smallest absolute Gasteiger partial charge is 0.287 e. The molecule has 140 valence electrons. The molecule has 5 heteroatoms. The Labute approximate surface area is 160 Å². The second kappa shape index (κ2) is 10.8. The second-order valence-electron chi connectivity index (χ2n) is 6.23. The van der Waals surface area contributed by atoms with Gasteiger partial charge in [-0.3, -0.25) is 9.59 Å². The number of ketones is 1. The Balaban J connectivity index is 1.66. The number of hydrogen-bond donors (Lipinski definition) is 1. The molecule has 0 saturated carbocycles. The van der Waals surface area contributed by atoms with Crippen LogP contribution >= 0.6 is 0 Å². The number of nitrogens with zero attached hydrogens (tertiary/aromatic N) is 1. The molecule has 0 aromatic heterocycles. The molecular formula is C22H24N2O3. The summed E-state index contributed by atoms with van der Waals surface area (Å²) >= 11 is 0. The number of unbranched alkanes of at least 4 members (excludes halogenated alkanes) is 3. The Hall–Kier alpha value is -3.13. The number of carbonyl (C=O) groups is 2. The molecular weight excluding hydrogens is 340 g/mol. The largest absolute Gasteiger partial charge is 0.494 e.